The van der Waals surface area contributed by atoms with Crippen molar-refractivity contribution in [3.63, 3.8) is 0 Å². The van der Waals surface area contributed by atoms with Crippen LogP contribution in [0.2, 0.25) is 5.02 Å². The van der Waals surface area contributed by atoms with Crippen molar-refractivity contribution in [1.29, 1.82) is 0 Å². The Bertz CT molecular complexity index is 897. The first kappa shape index (κ1) is 16.9. The maximum Gasteiger partial charge on any atom is 0.270 e. The number of hydrogen-bond acceptors (Lipinski definition) is 4. The monoisotopic (exact) mass is 359 g/mol. The van der Waals surface area contributed by atoms with E-state index >= 15 is 0 Å². The zero-order valence-electron chi connectivity index (χ0n) is 13.3. The first-order chi connectivity index (χ1) is 11.9. The molecule has 1 aliphatic rings. The highest BCUT2D eigenvalue weighted by atomic mass is 35.5. The molecule has 2 aromatic carbocycles. The molecular weight excluding hydrogens is 346 g/mol. The molecule has 1 heterocycles. The fraction of sp³-hybridized carbons (Fsp3) is 0.176. The lowest BCUT2D eigenvalue weighted by Gasteiger charge is -2.15. The first-order valence-corrected chi connectivity index (χ1v) is 7.91. The molecule has 0 radical (unpaired) electrons. The third-order valence-corrected chi connectivity index (χ3v) is 4.35. The lowest BCUT2D eigenvalue weighted by Crippen LogP contribution is -2.25. The van der Waals surface area contributed by atoms with Crippen LogP contribution in [-0.4, -0.2) is 23.3 Å². The number of carbonyl (C=O) groups is 2. The smallest absolute Gasteiger partial charge is 0.270 e. The van der Waals surface area contributed by atoms with E-state index in [1.807, 2.05) is 0 Å². The minimum atomic E-state index is -0.584. The van der Waals surface area contributed by atoms with Crippen LogP contribution in [0.25, 0.3) is 0 Å². The fourth-order valence-electron chi connectivity index (χ4n) is 2.81. The van der Waals surface area contributed by atoms with Crippen molar-refractivity contribution in [3.05, 3.63) is 62.7 Å². The number of nitro groups is 1. The van der Waals surface area contributed by atoms with E-state index in [9.17, 15) is 19.7 Å². The van der Waals surface area contributed by atoms with Gasteiger partial charge >= 0.3 is 0 Å². The average molecular weight is 360 g/mol. The largest absolute Gasteiger partial charge is 0.322 e. The van der Waals surface area contributed by atoms with E-state index in [0.29, 0.717) is 18.7 Å². The number of non-ortho nitro benzene ring substituents is 1. The summed E-state index contributed by atoms with van der Waals surface area (Å²) in [4.78, 5) is 35.9. The first-order valence-electron chi connectivity index (χ1n) is 7.53. The number of nitro benzene ring substituents is 1. The molecule has 0 spiro atoms. The standard InChI is InChI=1S/C17H14ClN3O4/c1-10(22)20-7-6-11-8-12(2-5-16(11)20)19-17(23)14-9-13(21(24)25)3-4-15(14)18/h2-5,8-9H,6-7H2,1H3,(H,19,23). The van der Waals surface area contributed by atoms with Crippen molar-refractivity contribution < 1.29 is 14.5 Å². The van der Waals surface area contributed by atoms with Crippen LogP contribution in [0.15, 0.2) is 36.4 Å². The Morgan fingerprint density at radius 2 is 2.00 bits per heavy atom. The van der Waals surface area contributed by atoms with Crippen molar-refractivity contribution in [2.24, 2.45) is 0 Å². The van der Waals surface area contributed by atoms with Gasteiger partial charge in [-0.3, -0.25) is 19.7 Å². The molecule has 128 valence electrons. The molecule has 1 aliphatic heterocycles. The highest BCUT2D eigenvalue weighted by Gasteiger charge is 2.23. The topological polar surface area (TPSA) is 92.6 Å². The summed E-state index contributed by atoms with van der Waals surface area (Å²) < 4.78 is 0. The molecule has 2 aromatic rings. The van der Waals surface area contributed by atoms with Crippen molar-refractivity contribution in [1.82, 2.24) is 0 Å². The number of hydrogen-bond donors (Lipinski definition) is 1. The molecule has 2 amide bonds. The number of halogens is 1. The van der Waals surface area contributed by atoms with Gasteiger partial charge in [-0.25, -0.2) is 0 Å². The summed E-state index contributed by atoms with van der Waals surface area (Å²) in [5.74, 6) is -0.561. The van der Waals surface area contributed by atoms with Gasteiger partial charge in [0.05, 0.1) is 15.5 Å². The van der Waals surface area contributed by atoms with Crippen LogP contribution in [0.3, 0.4) is 0 Å². The van der Waals surface area contributed by atoms with E-state index in [1.165, 1.54) is 19.1 Å². The molecule has 25 heavy (non-hydrogen) atoms. The summed E-state index contributed by atoms with van der Waals surface area (Å²) in [5.41, 5.74) is 2.15. The van der Waals surface area contributed by atoms with E-state index in [0.717, 1.165) is 17.3 Å². The second-order valence-electron chi connectivity index (χ2n) is 5.64. The van der Waals surface area contributed by atoms with Gasteiger partial charge in [0.15, 0.2) is 0 Å². The van der Waals surface area contributed by atoms with E-state index in [4.69, 9.17) is 11.6 Å². The SMILES string of the molecule is CC(=O)N1CCc2cc(NC(=O)c3cc([N+](=O)[O-])ccc3Cl)ccc21. The van der Waals surface area contributed by atoms with Gasteiger partial charge in [-0.05, 0) is 36.2 Å². The zero-order chi connectivity index (χ0) is 18.1. The van der Waals surface area contributed by atoms with Crippen LogP contribution in [0.5, 0.6) is 0 Å². The number of carbonyl (C=O) groups excluding carboxylic acids is 2. The molecule has 0 unspecified atom stereocenters. The predicted molar refractivity (Wildman–Crippen MR) is 94.2 cm³/mol. The van der Waals surface area contributed by atoms with Crippen LogP contribution in [0.1, 0.15) is 22.8 Å². The Hall–Kier alpha value is -2.93. The van der Waals surface area contributed by atoms with Crippen molar-refractivity contribution in [2.45, 2.75) is 13.3 Å². The highest BCUT2D eigenvalue weighted by Crippen LogP contribution is 2.31. The third-order valence-electron chi connectivity index (χ3n) is 4.02. The van der Waals surface area contributed by atoms with Crippen molar-refractivity contribution in [3.8, 4) is 0 Å². The molecule has 0 aliphatic carbocycles. The molecule has 3 rings (SSSR count). The summed E-state index contributed by atoms with van der Waals surface area (Å²) in [6.45, 7) is 2.12. The zero-order valence-corrected chi connectivity index (χ0v) is 14.0. The number of nitrogens with one attached hydrogen (secondary N) is 1. The molecular formula is C17H14ClN3O4. The highest BCUT2D eigenvalue weighted by molar-refractivity contribution is 6.34. The summed E-state index contributed by atoms with van der Waals surface area (Å²) >= 11 is 5.98. The van der Waals surface area contributed by atoms with E-state index < -0.39 is 10.8 Å². The number of amides is 2. The van der Waals surface area contributed by atoms with Crippen LogP contribution in [0.4, 0.5) is 17.1 Å². The second-order valence-corrected chi connectivity index (χ2v) is 6.05. The predicted octanol–water partition coefficient (Wildman–Crippen LogP) is 3.41. The Labute approximate surface area is 148 Å². The fourth-order valence-corrected chi connectivity index (χ4v) is 3.01. The quantitative estimate of drug-likeness (QED) is 0.671. The number of benzene rings is 2. The minimum absolute atomic E-state index is 0.0288. The van der Waals surface area contributed by atoms with Gasteiger partial charge in [-0.15, -0.1) is 0 Å². The molecule has 0 fully saturated rings. The molecule has 0 aromatic heterocycles. The van der Waals surface area contributed by atoms with Gasteiger partial charge in [0.1, 0.15) is 0 Å². The van der Waals surface area contributed by atoms with Gasteiger partial charge in [-0.2, -0.15) is 0 Å². The Kier molecular flexibility index (Phi) is 4.41. The van der Waals surface area contributed by atoms with Gasteiger partial charge in [0.2, 0.25) is 5.91 Å². The number of fused-ring (bicyclic) bond motifs is 1. The van der Waals surface area contributed by atoms with Crippen molar-refractivity contribution >= 4 is 40.5 Å². The van der Waals surface area contributed by atoms with Gasteiger partial charge < -0.3 is 10.2 Å². The van der Waals surface area contributed by atoms with Crippen LogP contribution in [-0.2, 0) is 11.2 Å². The Morgan fingerprint density at radius 1 is 1.24 bits per heavy atom. The van der Waals surface area contributed by atoms with E-state index in [1.54, 1.807) is 23.1 Å². The molecule has 0 saturated heterocycles. The maximum absolute atomic E-state index is 12.4. The lowest BCUT2D eigenvalue weighted by atomic mass is 10.1. The van der Waals surface area contributed by atoms with E-state index in [2.05, 4.69) is 5.32 Å². The number of nitrogens with zero attached hydrogens (tertiary/aromatic N) is 2. The average Bonchev–Trinajstić information content (AvgIpc) is 2.98. The summed E-state index contributed by atoms with van der Waals surface area (Å²) in [6.07, 6.45) is 0.705. The lowest BCUT2D eigenvalue weighted by molar-refractivity contribution is -0.384. The van der Waals surface area contributed by atoms with E-state index in [-0.39, 0.29) is 22.2 Å². The number of rotatable bonds is 3. The minimum Gasteiger partial charge on any atom is -0.322 e. The van der Waals surface area contributed by atoms with Crippen LogP contribution < -0.4 is 10.2 Å². The normalized spacial score (nSPS) is 12.6. The molecule has 0 atom stereocenters. The van der Waals surface area contributed by atoms with Gasteiger partial charge in [0, 0.05) is 37.0 Å². The molecule has 8 heteroatoms. The van der Waals surface area contributed by atoms with Crippen LogP contribution in [0, 0.1) is 10.1 Å². The number of anilines is 2. The summed E-state index contributed by atoms with van der Waals surface area (Å²) in [7, 11) is 0. The van der Waals surface area contributed by atoms with Gasteiger partial charge in [-0.1, -0.05) is 11.6 Å². The third kappa shape index (κ3) is 3.32. The van der Waals surface area contributed by atoms with Gasteiger partial charge in [0.25, 0.3) is 11.6 Å². The molecule has 7 nitrogen and oxygen atoms in total. The summed E-state index contributed by atoms with van der Waals surface area (Å²) in [6, 6.07) is 8.95. The Morgan fingerprint density at radius 3 is 2.68 bits per heavy atom. The Balaban J connectivity index is 1.84. The molecule has 0 bridgehead atoms. The second kappa shape index (κ2) is 6.52. The molecule has 0 saturated carbocycles. The summed E-state index contributed by atoms with van der Waals surface area (Å²) in [5, 5.41) is 13.7. The molecule has 1 N–H and O–H groups in total. The maximum atomic E-state index is 12.4. The van der Waals surface area contributed by atoms with Crippen molar-refractivity contribution in [2.75, 3.05) is 16.8 Å². The van der Waals surface area contributed by atoms with Crippen LogP contribution >= 0.6 is 11.6 Å².